The van der Waals surface area contributed by atoms with E-state index in [0.717, 1.165) is 4.57 Å². The minimum absolute atomic E-state index is 0.0198. The van der Waals surface area contributed by atoms with Crippen molar-refractivity contribution in [3.05, 3.63) is 81.0 Å². The van der Waals surface area contributed by atoms with Crippen LogP contribution in [0.4, 0.5) is 0 Å². The summed E-state index contributed by atoms with van der Waals surface area (Å²) in [5.74, 6) is -2.40. The van der Waals surface area contributed by atoms with Crippen molar-refractivity contribution in [2.75, 3.05) is 12.0 Å². The van der Waals surface area contributed by atoms with Crippen LogP contribution >= 0.6 is 11.8 Å². The molecule has 0 spiro atoms. The Bertz CT molecular complexity index is 1400. The van der Waals surface area contributed by atoms with Crippen LogP contribution in [0.15, 0.2) is 64.2 Å². The molecule has 0 fully saturated rings. The minimum Gasteiger partial charge on any atom is -0.480 e. The number of benzene rings is 2. The molecule has 2 amide bonds. The Balaban J connectivity index is 1.98. The molecule has 38 heavy (non-hydrogen) atoms. The molecule has 3 aromatic rings. The lowest BCUT2D eigenvalue weighted by Crippen LogP contribution is -2.56. The second kappa shape index (κ2) is 13.1. The number of H-pyrrole nitrogens is 1. The molecule has 0 radical (unpaired) electrons. The van der Waals surface area contributed by atoms with Crippen LogP contribution in [-0.4, -0.2) is 56.5 Å². The molecule has 3 rings (SSSR count). The molecular weight excluding hydrogens is 508 g/mol. The molecular formula is C27H32N4O6S. The summed E-state index contributed by atoms with van der Waals surface area (Å²) in [4.78, 5) is 67.5. The van der Waals surface area contributed by atoms with Gasteiger partial charge in [-0.1, -0.05) is 56.3 Å². The van der Waals surface area contributed by atoms with Gasteiger partial charge in [-0.2, -0.15) is 11.8 Å². The van der Waals surface area contributed by atoms with Crippen LogP contribution in [0.2, 0.25) is 0 Å². The molecule has 11 heteroatoms. The van der Waals surface area contributed by atoms with Gasteiger partial charge in [-0.15, -0.1) is 0 Å². The summed E-state index contributed by atoms with van der Waals surface area (Å²) in [5, 5.41) is 14.9. The number of thioether (sulfide) groups is 1. The summed E-state index contributed by atoms with van der Waals surface area (Å²) in [6.45, 7) is 3.42. The number of aromatic amines is 1. The van der Waals surface area contributed by atoms with Crippen LogP contribution in [-0.2, 0) is 20.8 Å². The average molecular weight is 541 g/mol. The molecule has 202 valence electrons. The molecule has 0 saturated heterocycles. The molecule has 2 aromatic carbocycles. The van der Waals surface area contributed by atoms with Crippen molar-refractivity contribution in [3.8, 4) is 0 Å². The Morgan fingerprint density at radius 1 is 0.974 bits per heavy atom. The van der Waals surface area contributed by atoms with Gasteiger partial charge < -0.3 is 20.7 Å². The molecule has 0 aliphatic heterocycles. The smallest absolute Gasteiger partial charge is 0.329 e. The summed E-state index contributed by atoms with van der Waals surface area (Å²) in [6, 6.07) is 12.0. The van der Waals surface area contributed by atoms with E-state index in [-0.39, 0.29) is 18.2 Å². The van der Waals surface area contributed by atoms with Gasteiger partial charge in [0.15, 0.2) is 0 Å². The molecule has 1 aromatic heterocycles. The number of carboxylic acids is 1. The Morgan fingerprint density at radius 3 is 2.26 bits per heavy atom. The number of fused-ring (bicyclic) bond motifs is 1. The Morgan fingerprint density at radius 2 is 1.63 bits per heavy atom. The van der Waals surface area contributed by atoms with Crippen molar-refractivity contribution in [1.29, 1.82) is 0 Å². The number of amides is 2. The summed E-state index contributed by atoms with van der Waals surface area (Å²) < 4.78 is 0.873. The van der Waals surface area contributed by atoms with Gasteiger partial charge in [0.1, 0.15) is 18.1 Å². The van der Waals surface area contributed by atoms with Crippen LogP contribution in [0, 0.1) is 5.92 Å². The molecule has 1 heterocycles. The van der Waals surface area contributed by atoms with Gasteiger partial charge in [0, 0.05) is 6.42 Å². The maximum absolute atomic E-state index is 13.7. The van der Waals surface area contributed by atoms with Crippen molar-refractivity contribution < 1.29 is 19.5 Å². The van der Waals surface area contributed by atoms with E-state index in [1.807, 2.05) is 12.3 Å². The largest absolute Gasteiger partial charge is 0.480 e. The number of rotatable bonds is 12. The lowest BCUT2D eigenvalue weighted by Gasteiger charge is -2.27. The van der Waals surface area contributed by atoms with Crippen LogP contribution in [0.1, 0.15) is 31.9 Å². The Hall–Kier alpha value is -3.86. The summed E-state index contributed by atoms with van der Waals surface area (Å²) in [5.41, 5.74) is -0.324. The number of carboxylic acid groups (broad SMARTS) is 1. The summed E-state index contributed by atoms with van der Waals surface area (Å²) >= 11 is 1.46. The standard InChI is InChI=1S/C27H32N4O6S/c1-16(2)22(24(33)28-20(26(35)36)13-14-38-3)30-23(32)21(15-17-9-5-4-6-10-17)31-25(34)18-11-7-8-12-19(18)29-27(31)37/h4-12,16,20-22H,13-15H2,1-3H3,(H,28,33)(H,29,37)(H,30,32)(H,35,36)/t20-,21-,22-/m0/s1. The zero-order valence-corrected chi connectivity index (χ0v) is 22.3. The molecule has 3 atom stereocenters. The second-order valence-electron chi connectivity index (χ2n) is 9.27. The van der Waals surface area contributed by atoms with Crippen molar-refractivity contribution in [2.24, 2.45) is 5.92 Å². The van der Waals surface area contributed by atoms with E-state index in [9.17, 15) is 29.1 Å². The number of carbonyl (C=O) groups is 3. The number of nitrogens with zero attached hydrogens (tertiary/aromatic N) is 1. The Labute approximate surface area is 223 Å². The van der Waals surface area contributed by atoms with E-state index in [2.05, 4.69) is 15.6 Å². The molecule has 0 aliphatic carbocycles. The highest BCUT2D eigenvalue weighted by molar-refractivity contribution is 7.98. The third-order valence-corrected chi connectivity index (χ3v) is 6.84. The van der Waals surface area contributed by atoms with Crippen molar-refractivity contribution in [2.45, 2.75) is 44.8 Å². The highest BCUT2D eigenvalue weighted by Gasteiger charge is 2.32. The first kappa shape index (κ1) is 28.7. The lowest BCUT2D eigenvalue weighted by atomic mass is 10.00. The van der Waals surface area contributed by atoms with Gasteiger partial charge in [-0.25, -0.2) is 14.2 Å². The van der Waals surface area contributed by atoms with Crippen LogP contribution in [0.3, 0.4) is 0 Å². The number of carbonyl (C=O) groups excluding carboxylic acids is 2. The topological polar surface area (TPSA) is 150 Å². The highest BCUT2D eigenvalue weighted by atomic mass is 32.2. The van der Waals surface area contributed by atoms with Gasteiger partial charge in [0.2, 0.25) is 11.8 Å². The first-order valence-corrected chi connectivity index (χ1v) is 13.6. The number of para-hydroxylation sites is 1. The monoisotopic (exact) mass is 540 g/mol. The van der Waals surface area contributed by atoms with E-state index in [0.29, 0.717) is 16.8 Å². The van der Waals surface area contributed by atoms with Gasteiger partial charge in [0.05, 0.1) is 10.9 Å². The second-order valence-corrected chi connectivity index (χ2v) is 10.3. The summed E-state index contributed by atoms with van der Waals surface area (Å²) in [6.07, 6.45) is 2.08. The van der Waals surface area contributed by atoms with E-state index in [4.69, 9.17) is 0 Å². The first-order chi connectivity index (χ1) is 18.1. The number of nitrogens with one attached hydrogen (secondary N) is 3. The molecule has 0 bridgehead atoms. The SMILES string of the molecule is CSCC[C@H](NC(=O)[C@@H](NC(=O)[C@H](Cc1ccccc1)n1c(=O)[nH]c2ccccc2c1=O)C(C)C)C(=O)O. The number of hydrogen-bond acceptors (Lipinski definition) is 6. The minimum atomic E-state index is -1.26. The fourth-order valence-electron chi connectivity index (χ4n) is 4.14. The van der Waals surface area contributed by atoms with Crippen molar-refractivity contribution >= 4 is 40.4 Å². The van der Waals surface area contributed by atoms with E-state index < -0.39 is 53.1 Å². The van der Waals surface area contributed by atoms with Crippen LogP contribution in [0.5, 0.6) is 0 Å². The maximum atomic E-state index is 13.7. The fraction of sp³-hybridized carbons (Fsp3) is 0.370. The number of aromatic nitrogens is 2. The fourth-order valence-corrected chi connectivity index (χ4v) is 4.61. The van der Waals surface area contributed by atoms with Gasteiger partial charge in [-0.3, -0.25) is 14.4 Å². The third kappa shape index (κ3) is 6.91. The van der Waals surface area contributed by atoms with Crippen LogP contribution in [0.25, 0.3) is 10.9 Å². The number of hydrogen-bond donors (Lipinski definition) is 4. The van der Waals surface area contributed by atoms with Gasteiger partial charge in [-0.05, 0) is 42.0 Å². The van der Waals surface area contributed by atoms with Gasteiger partial charge >= 0.3 is 11.7 Å². The molecule has 10 nitrogen and oxygen atoms in total. The zero-order chi connectivity index (χ0) is 27.8. The average Bonchev–Trinajstić information content (AvgIpc) is 2.89. The van der Waals surface area contributed by atoms with Crippen LogP contribution < -0.4 is 21.9 Å². The molecule has 0 aliphatic rings. The molecule has 0 unspecified atom stereocenters. The summed E-state index contributed by atoms with van der Waals surface area (Å²) in [7, 11) is 0. The van der Waals surface area contributed by atoms with Crippen molar-refractivity contribution in [1.82, 2.24) is 20.2 Å². The highest BCUT2D eigenvalue weighted by Crippen LogP contribution is 2.15. The maximum Gasteiger partial charge on any atom is 0.329 e. The predicted octanol–water partition coefficient (Wildman–Crippen LogP) is 1.94. The van der Waals surface area contributed by atoms with Gasteiger partial charge in [0.25, 0.3) is 5.56 Å². The zero-order valence-electron chi connectivity index (χ0n) is 21.5. The van der Waals surface area contributed by atoms with Crippen molar-refractivity contribution in [3.63, 3.8) is 0 Å². The molecule has 4 N–H and O–H groups in total. The number of aliphatic carboxylic acids is 1. The normalized spacial score (nSPS) is 13.6. The van der Waals surface area contributed by atoms with E-state index in [1.165, 1.54) is 11.8 Å². The first-order valence-electron chi connectivity index (χ1n) is 12.2. The van der Waals surface area contributed by atoms with E-state index >= 15 is 0 Å². The Kier molecular flexibility index (Phi) is 9.89. The van der Waals surface area contributed by atoms with E-state index in [1.54, 1.807) is 62.4 Å². The predicted molar refractivity (Wildman–Crippen MR) is 147 cm³/mol. The third-order valence-electron chi connectivity index (χ3n) is 6.20. The molecule has 0 saturated carbocycles. The lowest BCUT2D eigenvalue weighted by molar-refractivity contribution is -0.142. The quantitative estimate of drug-likeness (QED) is 0.274.